The fraction of sp³-hybridized carbons (Fsp3) is 0.0417. The number of hydrogen-bond donors (Lipinski definition) is 1. The van der Waals surface area contributed by atoms with Crippen molar-refractivity contribution in [2.75, 3.05) is 0 Å². The maximum Gasteiger partial charge on any atom is 0.248 e. The average molecular weight is 464 g/mol. The van der Waals surface area contributed by atoms with Gasteiger partial charge < -0.3 is 5.73 Å². The van der Waals surface area contributed by atoms with Crippen LogP contribution in [0.4, 0.5) is 0 Å². The highest BCUT2D eigenvalue weighted by molar-refractivity contribution is 7.90. The number of aromatic nitrogens is 2. The number of primary amides is 1. The quantitative estimate of drug-likeness (QED) is 0.452. The molecule has 0 aliphatic carbocycles. The van der Waals surface area contributed by atoms with Crippen molar-refractivity contribution in [2.24, 2.45) is 5.73 Å². The Labute approximate surface area is 190 Å². The molecule has 6 nitrogen and oxygen atoms in total. The van der Waals surface area contributed by atoms with E-state index in [2.05, 4.69) is 9.97 Å². The normalized spacial score (nSPS) is 11.3. The Morgan fingerprint density at radius 2 is 1.62 bits per heavy atom. The Hall–Kier alpha value is -3.55. The summed E-state index contributed by atoms with van der Waals surface area (Å²) in [5.41, 5.74) is 8.87. The lowest BCUT2D eigenvalue weighted by Gasteiger charge is -2.14. The maximum atomic E-state index is 13.0. The summed E-state index contributed by atoms with van der Waals surface area (Å²) in [5, 5.41) is 0.483. The number of sulfone groups is 1. The highest BCUT2D eigenvalue weighted by atomic mass is 35.5. The molecule has 1 amide bonds. The Bertz CT molecular complexity index is 1390. The van der Waals surface area contributed by atoms with Crippen LogP contribution in [0, 0.1) is 0 Å². The molecular weight excluding hydrogens is 446 g/mol. The maximum absolute atomic E-state index is 13.0. The van der Waals surface area contributed by atoms with Crippen molar-refractivity contribution in [1.29, 1.82) is 0 Å². The summed E-state index contributed by atoms with van der Waals surface area (Å²) in [6.07, 6.45) is 3.10. The topological polar surface area (TPSA) is 103 Å². The lowest BCUT2D eigenvalue weighted by molar-refractivity contribution is 0.100. The molecule has 4 rings (SSSR count). The summed E-state index contributed by atoms with van der Waals surface area (Å²) in [7, 11) is -3.71. The number of halogens is 1. The van der Waals surface area contributed by atoms with Crippen LogP contribution < -0.4 is 5.73 Å². The van der Waals surface area contributed by atoms with E-state index in [1.54, 1.807) is 48.7 Å². The summed E-state index contributed by atoms with van der Waals surface area (Å²) in [4.78, 5) is 20.1. The molecule has 4 aromatic rings. The Morgan fingerprint density at radius 1 is 0.875 bits per heavy atom. The summed E-state index contributed by atoms with van der Waals surface area (Å²) >= 11 is 6.41. The van der Waals surface area contributed by atoms with Gasteiger partial charge in [-0.25, -0.2) is 13.4 Å². The van der Waals surface area contributed by atoms with E-state index in [4.69, 9.17) is 17.3 Å². The minimum absolute atomic E-state index is 0.0183. The molecule has 32 heavy (non-hydrogen) atoms. The predicted molar refractivity (Wildman–Crippen MR) is 124 cm³/mol. The van der Waals surface area contributed by atoms with Gasteiger partial charge in [-0.15, -0.1) is 0 Å². The molecule has 0 aliphatic rings. The third-order valence-corrected chi connectivity index (χ3v) is 6.81. The zero-order valence-electron chi connectivity index (χ0n) is 16.8. The minimum atomic E-state index is -3.71. The third-order valence-electron chi connectivity index (χ3n) is 4.91. The van der Waals surface area contributed by atoms with Gasteiger partial charge in [0.2, 0.25) is 5.91 Å². The number of hydrogen-bond acceptors (Lipinski definition) is 5. The van der Waals surface area contributed by atoms with Crippen LogP contribution in [0.15, 0.2) is 90.2 Å². The number of benzene rings is 2. The van der Waals surface area contributed by atoms with Gasteiger partial charge in [0.15, 0.2) is 14.9 Å². The fourth-order valence-electron chi connectivity index (χ4n) is 3.35. The third kappa shape index (κ3) is 4.54. The molecule has 0 radical (unpaired) electrons. The van der Waals surface area contributed by atoms with Gasteiger partial charge >= 0.3 is 0 Å². The van der Waals surface area contributed by atoms with Crippen LogP contribution in [0.1, 0.15) is 15.9 Å². The molecule has 8 heteroatoms. The molecule has 0 fully saturated rings. The van der Waals surface area contributed by atoms with Gasteiger partial charge in [-0.2, -0.15) is 0 Å². The number of pyridine rings is 2. The first-order chi connectivity index (χ1) is 15.3. The van der Waals surface area contributed by atoms with E-state index in [9.17, 15) is 13.2 Å². The molecule has 0 saturated carbocycles. The minimum Gasteiger partial charge on any atom is -0.366 e. The summed E-state index contributed by atoms with van der Waals surface area (Å²) in [6, 6.07) is 20.2. The molecule has 0 atom stereocenters. The van der Waals surface area contributed by atoms with E-state index >= 15 is 0 Å². The number of carbonyl (C=O) groups excluding carboxylic acids is 1. The number of nitrogens with two attached hydrogens (primary N) is 1. The van der Waals surface area contributed by atoms with E-state index in [0.717, 1.165) is 0 Å². The first kappa shape index (κ1) is 21.7. The van der Waals surface area contributed by atoms with E-state index in [-0.39, 0.29) is 16.3 Å². The van der Waals surface area contributed by atoms with Gasteiger partial charge in [-0.1, -0.05) is 35.9 Å². The lowest BCUT2D eigenvalue weighted by atomic mass is 9.95. The Morgan fingerprint density at radius 3 is 2.28 bits per heavy atom. The second-order valence-corrected chi connectivity index (χ2v) is 9.42. The van der Waals surface area contributed by atoms with E-state index in [1.165, 1.54) is 18.3 Å². The molecule has 0 aliphatic heterocycles. The van der Waals surface area contributed by atoms with E-state index < -0.39 is 15.7 Å². The number of carbonyl (C=O) groups is 1. The van der Waals surface area contributed by atoms with Crippen LogP contribution in [0.5, 0.6) is 0 Å². The van der Waals surface area contributed by atoms with Gasteiger partial charge in [0.05, 0.1) is 11.4 Å². The van der Waals surface area contributed by atoms with Crippen LogP contribution in [-0.2, 0) is 15.6 Å². The highest BCUT2D eigenvalue weighted by Crippen LogP contribution is 2.34. The number of rotatable bonds is 6. The first-order valence-electron chi connectivity index (χ1n) is 9.63. The van der Waals surface area contributed by atoms with E-state index in [0.29, 0.717) is 33.0 Å². The fourth-order valence-corrected chi connectivity index (χ4v) is 4.88. The number of nitrogens with zero attached hydrogens (tertiary/aromatic N) is 2. The SMILES string of the molecule is NC(=O)c1ccc(CS(=O)(=O)c2ccccn2)c(-c2ccc(Cl)c(-c3ccccn3)c2)c1. The molecule has 2 aromatic carbocycles. The van der Waals surface area contributed by atoms with Crippen molar-refractivity contribution >= 4 is 27.3 Å². The van der Waals surface area contributed by atoms with Crippen molar-refractivity contribution in [3.8, 4) is 22.4 Å². The van der Waals surface area contributed by atoms with Gasteiger partial charge in [-0.3, -0.25) is 9.78 Å². The van der Waals surface area contributed by atoms with Gasteiger partial charge in [-0.05, 0) is 65.2 Å². The second kappa shape index (κ2) is 8.90. The zero-order valence-corrected chi connectivity index (χ0v) is 18.3. The zero-order chi connectivity index (χ0) is 22.7. The van der Waals surface area contributed by atoms with Crippen LogP contribution in [0.25, 0.3) is 22.4 Å². The van der Waals surface area contributed by atoms with Crippen LogP contribution in [0.2, 0.25) is 5.02 Å². The Kier molecular flexibility index (Phi) is 6.03. The molecule has 160 valence electrons. The first-order valence-corrected chi connectivity index (χ1v) is 11.7. The van der Waals surface area contributed by atoms with Crippen molar-refractivity contribution < 1.29 is 13.2 Å². The highest BCUT2D eigenvalue weighted by Gasteiger charge is 2.20. The Balaban J connectivity index is 1.85. The second-order valence-electron chi connectivity index (χ2n) is 7.07. The molecule has 2 N–H and O–H groups in total. The van der Waals surface area contributed by atoms with Crippen molar-refractivity contribution in [3.63, 3.8) is 0 Å². The van der Waals surface area contributed by atoms with Crippen LogP contribution in [0.3, 0.4) is 0 Å². The molecule has 2 aromatic heterocycles. The summed E-state index contributed by atoms with van der Waals surface area (Å²) in [5.74, 6) is -0.899. The molecule has 0 saturated heterocycles. The monoisotopic (exact) mass is 463 g/mol. The largest absolute Gasteiger partial charge is 0.366 e. The van der Waals surface area contributed by atoms with E-state index in [1.807, 2.05) is 18.2 Å². The number of amides is 1. The van der Waals surface area contributed by atoms with Gasteiger partial charge in [0.1, 0.15) is 0 Å². The van der Waals surface area contributed by atoms with Crippen LogP contribution >= 0.6 is 11.6 Å². The standard InChI is InChI=1S/C24H18ClN3O3S/c25-21-10-9-16(13-20(21)22-5-1-3-11-27-22)19-14-17(24(26)29)7-8-18(19)15-32(30,31)23-6-2-4-12-28-23/h1-14H,15H2,(H2,26,29). The molecular formula is C24H18ClN3O3S. The smallest absolute Gasteiger partial charge is 0.248 e. The van der Waals surface area contributed by atoms with Crippen LogP contribution in [-0.4, -0.2) is 24.3 Å². The predicted octanol–water partition coefficient (Wildman–Crippen LogP) is 4.54. The molecule has 0 bridgehead atoms. The van der Waals surface area contributed by atoms with Gasteiger partial charge in [0, 0.05) is 28.5 Å². The van der Waals surface area contributed by atoms with Gasteiger partial charge in [0.25, 0.3) is 0 Å². The molecule has 0 spiro atoms. The molecule has 0 unspecified atom stereocenters. The van der Waals surface area contributed by atoms with Crippen molar-refractivity contribution in [2.45, 2.75) is 10.8 Å². The summed E-state index contributed by atoms with van der Waals surface area (Å²) < 4.78 is 25.9. The van der Waals surface area contributed by atoms with Crippen molar-refractivity contribution in [1.82, 2.24) is 9.97 Å². The summed E-state index contributed by atoms with van der Waals surface area (Å²) in [6.45, 7) is 0. The average Bonchev–Trinajstić information content (AvgIpc) is 2.80. The molecule has 2 heterocycles. The lowest BCUT2D eigenvalue weighted by Crippen LogP contribution is -2.12. The van der Waals surface area contributed by atoms with Crippen molar-refractivity contribution in [3.05, 3.63) is 101 Å².